The molecule has 0 aromatic heterocycles. The van der Waals surface area contributed by atoms with Gasteiger partial charge < -0.3 is 25.4 Å². The maximum atomic E-state index is 13.5. The summed E-state index contributed by atoms with van der Waals surface area (Å²) in [6.45, 7) is 3.81. The number of ether oxygens (including phenoxy) is 1. The number of hydrogen-bond donors (Lipinski definition) is 4. The minimum absolute atomic E-state index is 0.0156. The van der Waals surface area contributed by atoms with E-state index in [9.17, 15) is 33.9 Å². The van der Waals surface area contributed by atoms with Gasteiger partial charge in [0.1, 0.15) is 6.04 Å². The van der Waals surface area contributed by atoms with Crippen molar-refractivity contribution in [3.8, 4) is 0 Å². The molecule has 13 nitrogen and oxygen atoms in total. The number of aliphatic carboxylic acids is 1. The Morgan fingerprint density at radius 2 is 1.71 bits per heavy atom. The van der Waals surface area contributed by atoms with Gasteiger partial charge in [0, 0.05) is 38.0 Å². The van der Waals surface area contributed by atoms with Crippen molar-refractivity contribution in [3.05, 3.63) is 35.4 Å². The van der Waals surface area contributed by atoms with E-state index in [0.29, 0.717) is 31.7 Å². The van der Waals surface area contributed by atoms with E-state index in [1.807, 2.05) is 0 Å². The zero-order valence-electron chi connectivity index (χ0n) is 24.2. The molecule has 0 unspecified atom stereocenters. The number of nitrogens with one attached hydrogen (secondary N) is 3. The molecule has 2 fully saturated rings. The molecule has 1 aromatic carbocycles. The first-order chi connectivity index (χ1) is 20.1. The first-order valence-corrected chi connectivity index (χ1v) is 14.4. The molecule has 2 saturated heterocycles. The highest BCUT2D eigenvalue weighted by Crippen LogP contribution is 2.23. The number of carboxylic acids is 1. The summed E-state index contributed by atoms with van der Waals surface area (Å²) >= 11 is 0. The molecular weight excluding hydrogens is 546 g/mol. The molecule has 0 saturated carbocycles. The van der Waals surface area contributed by atoms with Crippen molar-refractivity contribution in [2.45, 2.75) is 57.9 Å². The summed E-state index contributed by atoms with van der Waals surface area (Å²) in [6, 6.07) is 4.53. The number of carbonyl (C=O) groups is 6. The maximum Gasteiger partial charge on any atom is 0.337 e. The third-order valence-electron chi connectivity index (χ3n) is 7.70. The van der Waals surface area contributed by atoms with Gasteiger partial charge in [-0.05, 0) is 82.3 Å². The fourth-order valence-electron chi connectivity index (χ4n) is 5.12. The molecule has 0 aliphatic carbocycles. The van der Waals surface area contributed by atoms with Crippen molar-refractivity contribution in [3.63, 3.8) is 0 Å². The first kappa shape index (κ1) is 32.7. The van der Waals surface area contributed by atoms with Gasteiger partial charge in [0.15, 0.2) is 0 Å². The number of methoxy groups -OCH3 is 1. The van der Waals surface area contributed by atoms with Gasteiger partial charge in [-0.15, -0.1) is 0 Å². The number of carboxylic acid groups (broad SMARTS) is 1. The molecule has 2 heterocycles. The van der Waals surface area contributed by atoms with Gasteiger partial charge in [-0.2, -0.15) is 0 Å². The highest BCUT2D eigenvalue weighted by Gasteiger charge is 2.35. The summed E-state index contributed by atoms with van der Waals surface area (Å²) in [4.78, 5) is 76.8. The Bertz CT molecular complexity index is 1140. The molecule has 2 aliphatic rings. The largest absolute Gasteiger partial charge is 0.480 e. The SMILES string of the molecule is COC(=O)c1ccc(C(=O)NCCC(=O)N(N[C@@H](C)C(=O)O)C(=O)[C@@H]2CCCN(C(=O)CCC3CCNCC3)C2)cc1. The molecule has 3 rings (SSSR count). The lowest BCUT2D eigenvalue weighted by Gasteiger charge is -2.35. The molecule has 0 radical (unpaired) electrons. The number of amides is 4. The predicted octanol–water partition coefficient (Wildman–Crippen LogP) is 0.944. The van der Waals surface area contributed by atoms with Crippen LogP contribution in [0.15, 0.2) is 24.3 Å². The van der Waals surface area contributed by atoms with E-state index in [1.165, 1.54) is 38.3 Å². The van der Waals surface area contributed by atoms with Gasteiger partial charge in [0.05, 0.1) is 18.6 Å². The van der Waals surface area contributed by atoms with Crippen molar-refractivity contribution in [2.24, 2.45) is 11.8 Å². The van der Waals surface area contributed by atoms with Crippen molar-refractivity contribution in [2.75, 3.05) is 39.8 Å². The molecule has 1 aromatic rings. The lowest BCUT2D eigenvalue weighted by atomic mass is 9.92. The fourth-order valence-corrected chi connectivity index (χ4v) is 5.12. The van der Waals surface area contributed by atoms with E-state index in [-0.39, 0.29) is 36.5 Å². The van der Waals surface area contributed by atoms with E-state index in [1.54, 1.807) is 4.90 Å². The Morgan fingerprint density at radius 1 is 1.05 bits per heavy atom. The lowest BCUT2D eigenvalue weighted by molar-refractivity contribution is -0.155. The van der Waals surface area contributed by atoms with Crippen LogP contribution in [0.2, 0.25) is 0 Å². The smallest absolute Gasteiger partial charge is 0.337 e. The highest BCUT2D eigenvalue weighted by atomic mass is 16.5. The number of rotatable bonds is 12. The highest BCUT2D eigenvalue weighted by molar-refractivity contribution is 5.98. The Labute approximate surface area is 245 Å². The number of hydrogen-bond acceptors (Lipinski definition) is 9. The minimum Gasteiger partial charge on any atom is -0.480 e. The van der Waals surface area contributed by atoms with Gasteiger partial charge in [-0.3, -0.25) is 24.0 Å². The number of imide groups is 1. The second-order valence-electron chi connectivity index (χ2n) is 10.7. The van der Waals surface area contributed by atoms with E-state index in [2.05, 4.69) is 20.8 Å². The Balaban J connectivity index is 1.57. The van der Waals surface area contributed by atoms with Crippen LogP contribution < -0.4 is 16.1 Å². The summed E-state index contributed by atoms with van der Waals surface area (Å²) in [5.41, 5.74) is 3.02. The molecule has 0 bridgehead atoms. The number of hydrazine groups is 1. The predicted molar refractivity (Wildman–Crippen MR) is 151 cm³/mol. The summed E-state index contributed by atoms with van der Waals surface area (Å²) in [5, 5.41) is 16.0. The molecule has 2 aliphatic heterocycles. The van der Waals surface area contributed by atoms with Crippen LogP contribution >= 0.6 is 0 Å². The van der Waals surface area contributed by atoms with Crippen molar-refractivity contribution in [1.82, 2.24) is 26.0 Å². The van der Waals surface area contributed by atoms with Gasteiger partial charge in [-0.1, -0.05) is 0 Å². The van der Waals surface area contributed by atoms with Crippen LogP contribution in [0.3, 0.4) is 0 Å². The summed E-state index contributed by atoms with van der Waals surface area (Å²) in [5.74, 6) is -3.76. The molecular formula is C29H41N5O8. The molecule has 0 spiro atoms. The lowest BCUT2D eigenvalue weighted by Crippen LogP contribution is -2.57. The topological polar surface area (TPSA) is 174 Å². The van der Waals surface area contributed by atoms with Crippen molar-refractivity contribution < 1.29 is 38.6 Å². The Hall–Kier alpha value is -3.84. The average Bonchev–Trinajstić information content (AvgIpc) is 3.01. The summed E-state index contributed by atoms with van der Waals surface area (Å²) in [7, 11) is 1.25. The minimum atomic E-state index is -1.25. The number of piperidine rings is 2. The molecule has 42 heavy (non-hydrogen) atoms. The second-order valence-corrected chi connectivity index (χ2v) is 10.7. The van der Waals surface area contributed by atoms with E-state index in [0.717, 1.165) is 37.4 Å². The zero-order chi connectivity index (χ0) is 30.6. The number of carbonyl (C=O) groups excluding carboxylic acids is 5. The molecule has 4 N–H and O–H groups in total. The van der Waals surface area contributed by atoms with Crippen LogP contribution in [0.5, 0.6) is 0 Å². The maximum absolute atomic E-state index is 13.5. The van der Waals surface area contributed by atoms with E-state index >= 15 is 0 Å². The standard InChI is InChI=1S/C29H41N5O8/c1-19(28(39)40)32-34(25(36)13-16-31-26(37)21-6-8-22(9-7-21)29(41)42-2)27(38)23-4-3-17-33(18-23)24(35)10-5-20-11-14-30-15-12-20/h6-9,19-20,23,30,32H,3-5,10-18H2,1-2H3,(H,31,37)(H,39,40)/t19-,23+/m0/s1. The number of benzene rings is 1. The van der Waals surface area contributed by atoms with Crippen molar-refractivity contribution >= 4 is 35.6 Å². The molecule has 2 atom stereocenters. The van der Waals surface area contributed by atoms with Crippen LogP contribution in [0, 0.1) is 11.8 Å². The normalized spacial score (nSPS) is 18.0. The van der Waals surface area contributed by atoms with Gasteiger partial charge in [-0.25, -0.2) is 15.2 Å². The van der Waals surface area contributed by atoms with E-state index in [4.69, 9.17) is 0 Å². The third kappa shape index (κ3) is 9.35. The number of esters is 1. The zero-order valence-corrected chi connectivity index (χ0v) is 24.2. The third-order valence-corrected chi connectivity index (χ3v) is 7.70. The Kier molecular flexibility index (Phi) is 12.4. The number of nitrogens with zero attached hydrogens (tertiary/aromatic N) is 2. The van der Waals surface area contributed by atoms with Gasteiger partial charge >= 0.3 is 11.9 Å². The van der Waals surface area contributed by atoms with E-state index < -0.39 is 41.6 Å². The van der Waals surface area contributed by atoms with Crippen molar-refractivity contribution in [1.29, 1.82) is 0 Å². The molecule has 13 heteroatoms. The first-order valence-electron chi connectivity index (χ1n) is 14.4. The second kappa shape index (κ2) is 16.0. The van der Waals surface area contributed by atoms with Crippen LogP contribution in [0.1, 0.15) is 72.6 Å². The fraction of sp³-hybridized carbons (Fsp3) is 0.586. The van der Waals surface area contributed by atoms with Crippen LogP contribution in [0.25, 0.3) is 0 Å². The van der Waals surface area contributed by atoms with Gasteiger partial charge in [0.2, 0.25) is 17.7 Å². The molecule has 230 valence electrons. The quantitative estimate of drug-likeness (QED) is 0.204. The average molecular weight is 588 g/mol. The van der Waals surface area contributed by atoms with Crippen LogP contribution in [0.4, 0.5) is 0 Å². The monoisotopic (exact) mass is 587 g/mol. The van der Waals surface area contributed by atoms with Crippen LogP contribution in [-0.4, -0.2) is 96.5 Å². The summed E-state index contributed by atoms with van der Waals surface area (Å²) < 4.78 is 4.63. The van der Waals surface area contributed by atoms with Gasteiger partial charge in [0.25, 0.3) is 5.91 Å². The van der Waals surface area contributed by atoms with Crippen LogP contribution in [-0.2, 0) is 23.9 Å². The molecule has 4 amide bonds. The number of likely N-dealkylation sites (tertiary alicyclic amines) is 1. The Morgan fingerprint density at radius 3 is 2.36 bits per heavy atom. The summed E-state index contributed by atoms with van der Waals surface area (Å²) in [6.07, 6.45) is 4.08.